The van der Waals surface area contributed by atoms with Crippen molar-refractivity contribution in [3.05, 3.63) is 60.2 Å². The van der Waals surface area contributed by atoms with Gasteiger partial charge in [-0.15, -0.1) is 0 Å². The Balaban J connectivity index is 1.70. The summed E-state index contributed by atoms with van der Waals surface area (Å²) in [6.45, 7) is -0.623. The number of carbonyl (C=O) groups excluding carboxylic acids is 2. The van der Waals surface area contributed by atoms with Gasteiger partial charge in [-0.05, 0) is 29.8 Å². The zero-order valence-corrected chi connectivity index (χ0v) is 15.7. The minimum atomic E-state index is -3.69. The van der Waals surface area contributed by atoms with E-state index in [9.17, 15) is 18.0 Å². The Labute approximate surface area is 163 Å². The smallest absolute Gasteiger partial charge is 0.307 e. The number of rotatable bonds is 9. The third-order valence-electron chi connectivity index (χ3n) is 3.56. The van der Waals surface area contributed by atoms with Gasteiger partial charge in [0.2, 0.25) is 10.0 Å². The molecule has 0 fully saturated rings. The van der Waals surface area contributed by atoms with Gasteiger partial charge >= 0.3 is 5.97 Å². The third-order valence-corrected chi connectivity index (χ3v) is 5.04. The quantitative estimate of drug-likeness (QED) is 0.615. The van der Waals surface area contributed by atoms with E-state index in [1.807, 2.05) is 6.07 Å². The Morgan fingerprint density at radius 2 is 1.71 bits per heavy atom. The molecule has 2 rings (SSSR count). The summed E-state index contributed by atoms with van der Waals surface area (Å²) < 4.78 is 31.1. The number of nitrogens with one attached hydrogen (secondary N) is 2. The molecule has 0 aromatic heterocycles. The molecule has 0 aliphatic heterocycles. The van der Waals surface area contributed by atoms with Crippen molar-refractivity contribution in [3.63, 3.8) is 0 Å². The number of carbonyl (C=O) groups is 2. The summed E-state index contributed by atoms with van der Waals surface area (Å²) >= 11 is 0. The molecule has 0 bridgehead atoms. The van der Waals surface area contributed by atoms with Crippen LogP contribution >= 0.6 is 0 Å². The third kappa shape index (κ3) is 6.83. The fraction of sp³-hybridized carbons (Fsp3) is 0.211. The number of nitrogens with zero attached hydrogens (tertiary/aromatic N) is 1. The summed E-state index contributed by atoms with van der Waals surface area (Å²) in [5, 5.41) is 11.2. The Morgan fingerprint density at radius 3 is 2.36 bits per heavy atom. The maximum Gasteiger partial charge on any atom is 0.307 e. The summed E-state index contributed by atoms with van der Waals surface area (Å²) in [5.41, 5.74) is 1.34. The molecule has 9 heteroatoms. The monoisotopic (exact) mass is 401 g/mol. The zero-order valence-electron chi connectivity index (χ0n) is 14.9. The molecule has 0 saturated carbocycles. The van der Waals surface area contributed by atoms with Crippen LogP contribution in [0.4, 0.5) is 5.69 Å². The lowest BCUT2D eigenvalue weighted by atomic mass is 10.1. The minimum Gasteiger partial charge on any atom is -0.456 e. The van der Waals surface area contributed by atoms with E-state index in [1.54, 1.807) is 42.5 Å². The molecule has 0 saturated heterocycles. The van der Waals surface area contributed by atoms with E-state index in [0.717, 1.165) is 5.56 Å². The van der Waals surface area contributed by atoms with Crippen LogP contribution in [0.25, 0.3) is 0 Å². The van der Waals surface area contributed by atoms with Gasteiger partial charge in [0.1, 0.15) is 0 Å². The first-order valence-electron chi connectivity index (χ1n) is 8.37. The normalized spacial score (nSPS) is 10.7. The van der Waals surface area contributed by atoms with E-state index in [-0.39, 0.29) is 24.3 Å². The predicted octanol–water partition coefficient (Wildman–Crippen LogP) is 1.60. The Hall–Kier alpha value is -3.22. The topological polar surface area (TPSA) is 125 Å². The number of hydrogen-bond donors (Lipinski definition) is 2. The van der Waals surface area contributed by atoms with E-state index >= 15 is 0 Å². The highest BCUT2D eigenvalue weighted by molar-refractivity contribution is 7.89. The first kappa shape index (κ1) is 21.1. The average Bonchev–Trinajstić information content (AvgIpc) is 2.69. The van der Waals surface area contributed by atoms with E-state index in [4.69, 9.17) is 10.00 Å². The molecular weight excluding hydrogens is 382 g/mol. The fourth-order valence-electron chi connectivity index (χ4n) is 2.18. The van der Waals surface area contributed by atoms with Gasteiger partial charge in [-0.25, -0.2) is 13.1 Å². The molecule has 0 spiro atoms. The van der Waals surface area contributed by atoms with Gasteiger partial charge in [0.25, 0.3) is 5.91 Å². The average molecular weight is 401 g/mol. The van der Waals surface area contributed by atoms with Gasteiger partial charge in [0, 0.05) is 12.2 Å². The maximum absolute atomic E-state index is 12.0. The number of amides is 1. The van der Waals surface area contributed by atoms with E-state index in [0.29, 0.717) is 5.69 Å². The van der Waals surface area contributed by atoms with Crippen molar-refractivity contribution in [1.29, 1.82) is 5.26 Å². The van der Waals surface area contributed by atoms with Gasteiger partial charge in [-0.1, -0.05) is 30.3 Å². The summed E-state index contributed by atoms with van der Waals surface area (Å²) in [4.78, 5) is 23.6. The lowest BCUT2D eigenvalue weighted by Gasteiger charge is -2.08. The van der Waals surface area contributed by atoms with E-state index < -0.39 is 28.5 Å². The van der Waals surface area contributed by atoms with E-state index in [2.05, 4.69) is 10.0 Å². The SMILES string of the molecule is N#CCc1ccc(NC(=O)COC(=O)CCNS(=O)(=O)c2ccccc2)cc1. The number of anilines is 1. The van der Waals surface area contributed by atoms with Crippen molar-refractivity contribution in [2.45, 2.75) is 17.7 Å². The summed E-state index contributed by atoms with van der Waals surface area (Å²) in [6.07, 6.45) is 0.0715. The van der Waals surface area contributed by atoms with Gasteiger partial charge in [-0.2, -0.15) is 5.26 Å². The summed E-state index contributed by atoms with van der Waals surface area (Å²) in [6, 6.07) is 16.5. The number of sulfonamides is 1. The lowest BCUT2D eigenvalue weighted by Crippen LogP contribution is -2.27. The van der Waals surface area contributed by atoms with Crippen LogP contribution in [0.15, 0.2) is 59.5 Å². The number of hydrogen-bond acceptors (Lipinski definition) is 6. The highest BCUT2D eigenvalue weighted by Crippen LogP contribution is 2.10. The second-order valence-electron chi connectivity index (χ2n) is 5.70. The predicted molar refractivity (Wildman–Crippen MR) is 102 cm³/mol. The zero-order chi connectivity index (χ0) is 20.4. The van der Waals surface area contributed by atoms with Crippen LogP contribution in [0.1, 0.15) is 12.0 Å². The standard InChI is InChI=1S/C19H19N3O5S/c20-12-10-15-6-8-16(9-7-15)22-18(23)14-27-19(24)11-13-21-28(25,26)17-4-2-1-3-5-17/h1-9,21H,10-11,13-14H2,(H,22,23). The van der Waals surface area contributed by atoms with Gasteiger partial charge in [-0.3, -0.25) is 9.59 Å². The number of nitriles is 1. The molecule has 2 N–H and O–H groups in total. The van der Waals surface area contributed by atoms with Crippen LogP contribution in [0.5, 0.6) is 0 Å². The van der Waals surface area contributed by atoms with Crippen molar-refractivity contribution in [2.75, 3.05) is 18.5 Å². The van der Waals surface area contributed by atoms with Crippen molar-refractivity contribution in [2.24, 2.45) is 0 Å². The largest absolute Gasteiger partial charge is 0.456 e. The van der Waals surface area contributed by atoms with Gasteiger partial charge in [0.15, 0.2) is 6.61 Å². The molecule has 8 nitrogen and oxygen atoms in total. The summed E-state index contributed by atoms with van der Waals surface area (Å²) in [5.74, 6) is -1.22. The van der Waals surface area contributed by atoms with Crippen LogP contribution in [-0.2, 0) is 30.8 Å². The highest BCUT2D eigenvalue weighted by atomic mass is 32.2. The van der Waals surface area contributed by atoms with E-state index in [1.165, 1.54) is 12.1 Å². The maximum atomic E-state index is 12.0. The molecule has 2 aromatic carbocycles. The molecule has 0 radical (unpaired) electrons. The minimum absolute atomic E-state index is 0.100. The molecule has 1 amide bonds. The first-order valence-corrected chi connectivity index (χ1v) is 9.85. The number of esters is 1. The van der Waals surface area contributed by atoms with Crippen LogP contribution < -0.4 is 10.0 Å². The first-order chi connectivity index (χ1) is 13.4. The molecule has 28 heavy (non-hydrogen) atoms. The number of benzene rings is 2. The Morgan fingerprint density at radius 1 is 1.04 bits per heavy atom. The Kier molecular flexibility index (Phi) is 7.68. The second-order valence-corrected chi connectivity index (χ2v) is 7.47. The molecule has 0 aliphatic rings. The van der Waals surface area contributed by atoms with Crippen LogP contribution in [0.2, 0.25) is 0 Å². The van der Waals surface area contributed by atoms with Crippen LogP contribution in [-0.4, -0.2) is 33.4 Å². The Bertz CT molecular complexity index is 951. The van der Waals surface area contributed by atoms with Crippen molar-refractivity contribution in [1.82, 2.24) is 4.72 Å². The molecule has 2 aromatic rings. The van der Waals surface area contributed by atoms with Crippen molar-refractivity contribution in [3.8, 4) is 6.07 Å². The lowest BCUT2D eigenvalue weighted by molar-refractivity contribution is -0.147. The van der Waals surface area contributed by atoms with Crippen molar-refractivity contribution < 1.29 is 22.7 Å². The van der Waals surface area contributed by atoms with Crippen LogP contribution in [0, 0.1) is 11.3 Å². The molecule has 0 atom stereocenters. The molecule has 146 valence electrons. The van der Waals surface area contributed by atoms with Gasteiger partial charge < -0.3 is 10.1 Å². The molecule has 0 unspecified atom stereocenters. The second kappa shape index (κ2) is 10.2. The summed E-state index contributed by atoms with van der Waals surface area (Å²) in [7, 11) is -3.69. The number of ether oxygens (including phenoxy) is 1. The molecular formula is C19H19N3O5S. The van der Waals surface area contributed by atoms with Crippen molar-refractivity contribution >= 4 is 27.6 Å². The highest BCUT2D eigenvalue weighted by Gasteiger charge is 2.14. The van der Waals surface area contributed by atoms with Gasteiger partial charge in [0.05, 0.1) is 23.8 Å². The fourth-order valence-corrected chi connectivity index (χ4v) is 3.24. The van der Waals surface area contributed by atoms with Crippen LogP contribution in [0.3, 0.4) is 0 Å². The molecule has 0 aliphatic carbocycles. The molecule has 0 heterocycles.